The molecule has 2 aromatic rings. The Morgan fingerprint density at radius 3 is 2.17 bits per heavy atom. The molecule has 3 amide bonds. The van der Waals surface area contributed by atoms with Gasteiger partial charge in [0.1, 0.15) is 17.0 Å². The second-order valence-electron chi connectivity index (χ2n) is 11.2. The Hall–Kier alpha value is -4.05. The summed E-state index contributed by atoms with van der Waals surface area (Å²) in [5, 5.41) is 3.89. The largest absolute Gasteiger partial charge is 0.451 e. The Balaban J connectivity index is 1.46. The Labute approximate surface area is 243 Å². The Morgan fingerprint density at radius 2 is 1.63 bits per heavy atom. The van der Waals surface area contributed by atoms with Crippen molar-refractivity contribution in [1.82, 2.24) is 15.1 Å². The summed E-state index contributed by atoms with van der Waals surface area (Å²) in [6.45, 7) is 5.80. The molecule has 2 saturated heterocycles. The van der Waals surface area contributed by atoms with E-state index in [-0.39, 0.29) is 5.91 Å². The molecule has 214 valence electrons. The first-order chi connectivity index (χ1) is 19.5. The van der Waals surface area contributed by atoms with Crippen LogP contribution in [0.3, 0.4) is 0 Å². The number of β-lactam (4-membered cyclic amide) rings is 1. The van der Waals surface area contributed by atoms with E-state index < -0.39 is 47.1 Å². The van der Waals surface area contributed by atoms with Crippen molar-refractivity contribution in [2.45, 2.75) is 56.4 Å². The second kappa shape index (κ2) is 11.4. The third-order valence-corrected chi connectivity index (χ3v) is 8.22. The highest BCUT2D eigenvalue weighted by Gasteiger charge is 2.56. The Kier molecular flexibility index (Phi) is 7.95. The first-order valence-corrected chi connectivity index (χ1v) is 14.4. The summed E-state index contributed by atoms with van der Waals surface area (Å²) in [5.74, 6) is -1.17. The van der Waals surface area contributed by atoms with Crippen LogP contribution in [0.15, 0.2) is 83.3 Å². The maximum Gasteiger partial charge on any atom is 0.408 e. The number of nitrogens with zero attached hydrogens (tertiary/aromatic N) is 2. The molecule has 2 fully saturated rings. The molecule has 0 saturated carbocycles. The van der Waals surface area contributed by atoms with Gasteiger partial charge in [-0.15, -0.1) is 11.8 Å². The van der Waals surface area contributed by atoms with Gasteiger partial charge in [0.15, 0.2) is 12.1 Å². The molecule has 3 heterocycles. The molecule has 3 aliphatic heterocycles. The number of alkyl carbamates (subject to hydrolysis) is 1. The number of nitrogens with one attached hydrogen (secondary N) is 1. The van der Waals surface area contributed by atoms with Crippen LogP contribution in [0.2, 0.25) is 0 Å². The number of amides is 3. The third-order valence-electron chi connectivity index (χ3n) is 7.03. The molecule has 3 unspecified atom stereocenters. The second-order valence-corrected chi connectivity index (χ2v) is 12.2. The standard InChI is InChI=1S/C31H33N3O6S/c1-31(2,3)40-30(38)32-23-27(36)34-24(22(18-41-28(23)34)17-21-15-16-33(4)26(21)35)29(37)39-25(19-11-7-5-8-12-19)20-13-9-6-10-14-20/h5-14,17-18,23-25,28H,15-16H2,1-4H3,(H,32,38). The molecule has 10 heteroatoms. The third kappa shape index (κ3) is 6.02. The van der Waals surface area contributed by atoms with Crippen molar-refractivity contribution < 1.29 is 28.7 Å². The molecule has 0 radical (unpaired) electrons. The molecular formula is C31H33N3O6S. The lowest BCUT2D eigenvalue weighted by Crippen LogP contribution is -2.74. The number of carbonyl (C=O) groups is 4. The van der Waals surface area contributed by atoms with E-state index in [9.17, 15) is 19.2 Å². The highest BCUT2D eigenvalue weighted by molar-refractivity contribution is 8.03. The number of likely N-dealkylation sites (N-methyl/N-ethyl adjacent to an activating group) is 1. The zero-order chi connectivity index (χ0) is 29.3. The lowest BCUT2D eigenvalue weighted by atomic mass is 9.95. The van der Waals surface area contributed by atoms with E-state index in [0.717, 1.165) is 11.1 Å². The number of ether oxygens (including phenoxy) is 2. The summed E-state index contributed by atoms with van der Waals surface area (Å²) in [6, 6.07) is 16.8. The summed E-state index contributed by atoms with van der Waals surface area (Å²) >= 11 is 1.31. The molecule has 0 bridgehead atoms. The maximum atomic E-state index is 14.0. The molecule has 0 aromatic heterocycles. The van der Waals surface area contributed by atoms with Crippen LogP contribution >= 0.6 is 11.8 Å². The average Bonchev–Trinajstić information content (AvgIpc) is 3.26. The van der Waals surface area contributed by atoms with Gasteiger partial charge in [-0.1, -0.05) is 60.7 Å². The fourth-order valence-corrected chi connectivity index (χ4v) is 6.24. The monoisotopic (exact) mass is 575 g/mol. The molecule has 3 atom stereocenters. The minimum Gasteiger partial charge on any atom is -0.451 e. The van der Waals surface area contributed by atoms with Crippen molar-refractivity contribution in [2.24, 2.45) is 0 Å². The summed E-state index contributed by atoms with van der Waals surface area (Å²) < 4.78 is 11.5. The van der Waals surface area contributed by atoms with E-state index in [0.29, 0.717) is 24.1 Å². The molecule has 3 aliphatic rings. The van der Waals surface area contributed by atoms with Gasteiger partial charge in [0.05, 0.1) is 0 Å². The number of hydrogen-bond donors (Lipinski definition) is 1. The van der Waals surface area contributed by atoms with Gasteiger partial charge in [0.25, 0.3) is 0 Å². The molecule has 0 spiro atoms. The van der Waals surface area contributed by atoms with Gasteiger partial charge in [-0.05, 0) is 55.4 Å². The van der Waals surface area contributed by atoms with Crippen molar-refractivity contribution in [1.29, 1.82) is 0 Å². The number of rotatable bonds is 6. The molecule has 2 aromatic carbocycles. The van der Waals surface area contributed by atoms with Gasteiger partial charge < -0.3 is 24.6 Å². The fraction of sp³-hybridized carbons (Fsp3) is 0.355. The molecular weight excluding hydrogens is 542 g/mol. The van der Waals surface area contributed by atoms with Crippen LogP contribution in [-0.4, -0.2) is 70.3 Å². The quantitative estimate of drug-likeness (QED) is 0.313. The van der Waals surface area contributed by atoms with Crippen LogP contribution in [0, 0.1) is 0 Å². The smallest absolute Gasteiger partial charge is 0.408 e. The first kappa shape index (κ1) is 28.5. The zero-order valence-corrected chi connectivity index (χ0v) is 24.2. The highest BCUT2D eigenvalue weighted by Crippen LogP contribution is 2.42. The van der Waals surface area contributed by atoms with E-state index in [4.69, 9.17) is 9.47 Å². The number of carbonyl (C=O) groups excluding carboxylic acids is 4. The van der Waals surface area contributed by atoms with Crippen LogP contribution in [0.1, 0.15) is 44.4 Å². The van der Waals surface area contributed by atoms with Crippen molar-refractivity contribution in [3.63, 3.8) is 0 Å². The van der Waals surface area contributed by atoms with Crippen LogP contribution < -0.4 is 5.32 Å². The average molecular weight is 576 g/mol. The fourth-order valence-electron chi connectivity index (χ4n) is 5.05. The van der Waals surface area contributed by atoms with Crippen molar-refractivity contribution in [3.05, 3.63) is 94.4 Å². The van der Waals surface area contributed by atoms with E-state index >= 15 is 0 Å². The number of hydrogen-bond acceptors (Lipinski definition) is 7. The van der Waals surface area contributed by atoms with Crippen molar-refractivity contribution >= 4 is 35.6 Å². The normalized spacial score (nSPS) is 23.2. The topological polar surface area (TPSA) is 105 Å². The minimum atomic E-state index is -1.09. The van der Waals surface area contributed by atoms with E-state index in [1.54, 1.807) is 44.2 Å². The summed E-state index contributed by atoms with van der Waals surface area (Å²) in [4.78, 5) is 55.7. The van der Waals surface area contributed by atoms with Gasteiger partial charge in [-0.3, -0.25) is 9.59 Å². The SMILES string of the molecule is CN1CCC(=CC2=CSC3C(NC(=O)OC(C)(C)C)C(=O)N3C2C(=O)OC(c2ccccc2)c2ccccc2)C1=O. The summed E-state index contributed by atoms with van der Waals surface area (Å²) in [5.41, 5.74) is 1.90. The van der Waals surface area contributed by atoms with Gasteiger partial charge >= 0.3 is 12.1 Å². The predicted octanol–water partition coefficient (Wildman–Crippen LogP) is 4.17. The Morgan fingerprint density at radius 1 is 1.02 bits per heavy atom. The molecule has 41 heavy (non-hydrogen) atoms. The zero-order valence-electron chi connectivity index (χ0n) is 23.4. The van der Waals surface area contributed by atoms with Gasteiger partial charge in [-0.25, -0.2) is 9.59 Å². The number of esters is 1. The molecule has 1 N–H and O–H groups in total. The lowest BCUT2D eigenvalue weighted by Gasteiger charge is -2.51. The van der Waals surface area contributed by atoms with Crippen LogP contribution in [0.25, 0.3) is 0 Å². The number of benzene rings is 2. The van der Waals surface area contributed by atoms with E-state index in [1.807, 2.05) is 60.7 Å². The predicted molar refractivity (Wildman–Crippen MR) is 154 cm³/mol. The highest BCUT2D eigenvalue weighted by atomic mass is 32.2. The first-order valence-electron chi connectivity index (χ1n) is 13.5. The van der Waals surface area contributed by atoms with Gasteiger partial charge in [0.2, 0.25) is 11.8 Å². The number of fused-ring (bicyclic) bond motifs is 1. The number of thioether (sulfide) groups is 1. The minimum absolute atomic E-state index is 0.115. The molecule has 9 nitrogen and oxygen atoms in total. The number of likely N-dealkylation sites (tertiary alicyclic amines) is 1. The van der Waals surface area contributed by atoms with Gasteiger partial charge in [-0.2, -0.15) is 0 Å². The summed E-state index contributed by atoms with van der Waals surface area (Å²) in [6.07, 6.45) is 0.817. The van der Waals surface area contributed by atoms with E-state index in [2.05, 4.69) is 5.32 Å². The van der Waals surface area contributed by atoms with Crippen LogP contribution in [0.5, 0.6) is 0 Å². The lowest BCUT2D eigenvalue weighted by molar-refractivity contribution is -0.164. The van der Waals surface area contributed by atoms with E-state index in [1.165, 1.54) is 16.7 Å². The molecule has 5 rings (SSSR count). The van der Waals surface area contributed by atoms with Crippen molar-refractivity contribution in [2.75, 3.05) is 13.6 Å². The van der Waals surface area contributed by atoms with Crippen LogP contribution in [0.4, 0.5) is 4.79 Å². The van der Waals surface area contributed by atoms with Gasteiger partial charge in [0, 0.05) is 19.2 Å². The summed E-state index contributed by atoms with van der Waals surface area (Å²) in [7, 11) is 1.73. The van der Waals surface area contributed by atoms with Crippen molar-refractivity contribution in [3.8, 4) is 0 Å². The maximum absolute atomic E-state index is 14.0. The molecule has 0 aliphatic carbocycles. The Bertz CT molecular complexity index is 1360. The van der Waals surface area contributed by atoms with Crippen LogP contribution in [-0.2, 0) is 23.9 Å².